The number of nitrogens with zero attached hydrogens (tertiary/aromatic N) is 3. The number of imidazole rings is 1. The fraction of sp³-hybridized carbons (Fsp3) is 0.267. The Morgan fingerprint density at radius 3 is 2.67 bits per heavy atom. The van der Waals surface area contributed by atoms with Gasteiger partial charge in [0.25, 0.3) is 5.91 Å². The number of aromatic carboxylic acids is 1. The van der Waals surface area contributed by atoms with Gasteiger partial charge in [-0.15, -0.1) is 0 Å². The summed E-state index contributed by atoms with van der Waals surface area (Å²) in [7, 11) is 0. The minimum absolute atomic E-state index is 0.0285. The summed E-state index contributed by atoms with van der Waals surface area (Å²) in [6, 6.07) is 2.74. The molecule has 0 radical (unpaired) electrons. The molecule has 2 aromatic rings. The molecule has 1 amide bonds. The first-order chi connectivity index (χ1) is 11.3. The summed E-state index contributed by atoms with van der Waals surface area (Å²) in [5, 5.41) is 11.3. The molecule has 0 N–H and O–H groups in total. The maximum Gasteiger partial charge on any atom is 0.417 e. The molecule has 1 unspecified atom stereocenters. The summed E-state index contributed by atoms with van der Waals surface area (Å²) in [5.74, 6) is -2.29. The number of halogens is 3. The lowest BCUT2D eigenvalue weighted by Gasteiger charge is -2.40. The predicted molar refractivity (Wildman–Crippen MR) is 71.3 cm³/mol. The maximum absolute atomic E-state index is 13.3. The first kappa shape index (κ1) is 14.7. The Morgan fingerprint density at radius 1 is 1.33 bits per heavy atom. The number of rotatable bonds is 1. The standard InChI is InChI=1S/C15H10F3N3O3/c16-15(17,18)7-2-1-3-8-10(7)13(22)20-5-4-9(20)12-11(14(23)24)19-6-21(8)12/h1-3,6,9H,4-5H2,(H,23,24)/p-1. The first-order valence-electron chi connectivity index (χ1n) is 7.11. The lowest BCUT2D eigenvalue weighted by molar-refractivity contribution is -0.255. The molecule has 1 aromatic heterocycles. The number of carboxylic acids is 1. The van der Waals surface area contributed by atoms with E-state index in [-0.39, 0.29) is 23.6 Å². The van der Waals surface area contributed by atoms with E-state index in [9.17, 15) is 27.9 Å². The first-order valence-corrected chi connectivity index (χ1v) is 7.11. The molecule has 0 aliphatic carbocycles. The molecule has 6 nitrogen and oxygen atoms in total. The van der Waals surface area contributed by atoms with Gasteiger partial charge in [-0.1, -0.05) is 6.07 Å². The van der Waals surface area contributed by atoms with Crippen molar-refractivity contribution in [1.29, 1.82) is 0 Å². The van der Waals surface area contributed by atoms with Crippen molar-refractivity contribution in [3.05, 3.63) is 47.0 Å². The second-order valence-corrected chi connectivity index (χ2v) is 5.64. The van der Waals surface area contributed by atoms with E-state index in [1.54, 1.807) is 0 Å². The van der Waals surface area contributed by atoms with Gasteiger partial charge >= 0.3 is 6.18 Å². The molecule has 2 aliphatic rings. The van der Waals surface area contributed by atoms with Crippen LogP contribution < -0.4 is 5.11 Å². The average Bonchev–Trinajstić information content (AvgIpc) is 2.86. The lowest BCUT2D eigenvalue weighted by Crippen LogP contribution is -2.45. The number of hydrogen-bond acceptors (Lipinski definition) is 4. The third-order valence-corrected chi connectivity index (χ3v) is 4.42. The van der Waals surface area contributed by atoms with Crippen LogP contribution in [-0.2, 0) is 6.18 Å². The van der Waals surface area contributed by atoms with Crippen molar-refractivity contribution < 1.29 is 27.9 Å². The number of aromatic nitrogens is 2. The van der Waals surface area contributed by atoms with Crippen molar-refractivity contribution in [2.75, 3.05) is 6.54 Å². The van der Waals surface area contributed by atoms with E-state index in [2.05, 4.69) is 4.98 Å². The molecule has 0 bridgehead atoms. The van der Waals surface area contributed by atoms with E-state index in [1.807, 2.05) is 0 Å². The van der Waals surface area contributed by atoms with Crippen molar-refractivity contribution >= 4 is 11.9 Å². The van der Waals surface area contributed by atoms with Gasteiger partial charge in [0.05, 0.1) is 34.5 Å². The van der Waals surface area contributed by atoms with Gasteiger partial charge < -0.3 is 14.8 Å². The molecule has 0 saturated carbocycles. The van der Waals surface area contributed by atoms with Crippen LogP contribution >= 0.6 is 0 Å². The Morgan fingerprint density at radius 2 is 2.08 bits per heavy atom. The van der Waals surface area contributed by atoms with Crippen LogP contribution in [0.2, 0.25) is 0 Å². The van der Waals surface area contributed by atoms with Crippen molar-refractivity contribution in [2.24, 2.45) is 0 Å². The largest absolute Gasteiger partial charge is 0.543 e. The number of carbonyl (C=O) groups is 2. The molecular formula is C15H9F3N3O3-. The Balaban J connectivity index is 2.06. The van der Waals surface area contributed by atoms with Crippen LogP contribution in [0.25, 0.3) is 5.69 Å². The highest BCUT2D eigenvalue weighted by molar-refractivity contribution is 6.01. The van der Waals surface area contributed by atoms with E-state index >= 15 is 0 Å². The topological polar surface area (TPSA) is 78.3 Å². The van der Waals surface area contributed by atoms with Gasteiger partial charge in [-0.3, -0.25) is 9.36 Å². The van der Waals surface area contributed by atoms with Gasteiger partial charge in [0.15, 0.2) is 0 Å². The summed E-state index contributed by atoms with van der Waals surface area (Å²) in [6.45, 7) is 0.257. The normalized spacial score (nSPS) is 19.0. The molecule has 1 saturated heterocycles. The average molecular weight is 336 g/mol. The van der Waals surface area contributed by atoms with Crippen LogP contribution in [0.3, 0.4) is 0 Å². The highest BCUT2D eigenvalue weighted by Gasteiger charge is 2.45. The zero-order valence-corrected chi connectivity index (χ0v) is 12.0. The number of carbonyl (C=O) groups excluding carboxylic acids is 2. The second kappa shape index (κ2) is 4.59. The summed E-state index contributed by atoms with van der Waals surface area (Å²) in [6.07, 6.45) is -3.13. The number of hydrogen-bond donors (Lipinski definition) is 0. The van der Waals surface area contributed by atoms with E-state index in [1.165, 1.54) is 21.6 Å². The molecule has 0 spiro atoms. The fourth-order valence-electron chi connectivity index (χ4n) is 3.29. The number of carboxylic acid groups (broad SMARTS) is 1. The monoisotopic (exact) mass is 336 g/mol. The van der Waals surface area contributed by atoms with Crippen molar-refractivity contribution in [1.82, 2.24) is 14.5 Å². The van der Waals surface area contributed by atoms with E-state index in [0.29, 0.717) is 6.42 Å². The zero-order chi connectivity index (χ0) is 17.2. The molecule has 124 valence electrons. The SMILES string of the molecule is O=C([O-])c1ncn2c1C1CCN1C(=O)c1c-2cccc1C(F)(F)F. The zero-order valence-electron chi connectivity index (χ0n) is 12.0. The summed E-state index contributed by atoms with van der Waals surface area (Å²) >= 11 is 0. The van der Waals surface area contributed by atoms with Crippen LogP contribution in [0.1, 0.15) is 44.6 Å². The minimum atomic E-state index is -4.70. The molecule has 3 heterocycles. The third kappa shape index (κ3) is 1.81. The Labute approximate surface area is 133 Å². The van der Waals surface area contributed by atoms with Crippen LogP contribution in [-0.4, -0.2) is 32.9 Å². The molecule has 2 aliphatic heterocycles. The molecule has 9 heteroatoms. The smallest absolute Gasteiger partial charge is 0.417 e. The summed E-state index contributed by atoms with van der Waals surface area (Å²) in [5.41, 5.74) is -1.75. The van der Waals surface area contributed by atoms with E-state index in [0.717, 1.165) is 12.4 Å². The summed E-state index contributed by atoms with van der Waals surface area (Å²) in [4.78, 5) is 28.9. The number of fused-ring (bicyclic) bond motifs is 5. The Hall–Kier alpha value is -2.84. The van der Waals surface area contributed by atoms with Gasteiger partial charge in [-0.2, -0.15) is 13.2 Å². The molecule has 1 atom stereocenters. The quantitative estimate of drug-likeness (QED) is 0.783. The Bertz CT molecular complexity index is 888. The maximum atomic E-state index is 13.3. The van der Waals surface area contributed by atoms with Gasteiger partial charge in [-0.05, 0) is 18.6 Å². The van der Waals surface area contributed by atoms with Gasteiger partial charge in [0.2, 0.25) is 0 Å². The minimum Gasteiger partial charge on any atom is -0.543 e. The number of amides is 1. The third-order valence-electron chi connectivity index (χ3n) is 4.42. The molecule has 1 fully saturated rings. The van der Waals surface area contributed by atoms with E-state index in [4.69, 9.17) is 0 Å². The lowest BCUT2D eigenvalue weighted by atomic mass is 9.96. The molecule has 1 aromatic carbocycles. The van der Waals surface area contributed by atoms with Crippen molar-refractivity contribution in [3.8, 4) is 5.69 Å². The van der Waals surface area contributed by atoms with Crippen molar-refractivity contribution in [3.63, 3.8) is 0 Å². The molecular weight excluding hydrogens is 327 g/mol. The highest BCUT2D eigenvalue weighted by Crippen LogP contribution is 2.44. The van der Waals surface area contributed by atoms with E-state index < -0.39 is 35.2 Å². The number of alkyl halides is 3. The molecule has 24 heavy (non-hydrogen) atoms. The highest BCUT2D eigenvalue weighted by atomic mass is 19.4. The van der Waals surface area contributed by atoms with Gasteiger partial charge in [0.1, 0.15) is 12.0 Å². The second-order valence-electron chi connectivity index (χ2n) is 5.64. The predicted octanol–water partition coefficient (Wildman–Crippen LogP) is 1.16. The van der Waals surface area contributed by atoms with Crippen LogP contribution in [0, 0.1) is 0 Å². The Kier molecular flexibility index (Phi) is 2.82. The molecule has 4 rings (SSSR count). The van der Waals surface area contributed by atoms with Crippen LogP contribution in [0.4, 0.5) is 13.2 Å². The van der Waals surface area contributed by atoms with Gasteiger partial charge in [-0.25, -0.2) is 4.98 Å². The van der Waals surface area contributed by atoms with Gasteiger partial charge in [0, 0.05) is 6.54 Å². The van der Waals surface area contributed by atoms with Crippen molar-refractivity contribution in [2.45, 2.75) is 18.6 Å². The number of benzene rings is 1. The van der Waals surface area contributed by atoms with Crippen LogP contribution in [0.15, 0.2) is 24.5 Å². The summed E-state index contributed by atoms with van der Waals surface area (Å²) < 4.78 is 41.2. The van der Waals surface area contributed by atoms with Crippen LogP contribution in [0.5, 0.6) is 0 Å². The fourth-order valence-corrected chi connectivity index (χ4v) is 3.29.